The van der Waals surface area contributed by atoms with E-state index in [1.165, 1.54) is 17.7 Å². The molecule has 2 aromatic carbocycles. The van der Waals surface area contributed by atoms with Crippen LogP contribution in [0, 0.1) is 5.82 Å². The van der Waals surface area contributed by atoms with Gasteiger partial charge in [0.2, 0.25) is 0 Å². The van der Waals surface area contributed by atoms with Crippen molar-refractivity contribution in [1.29, 1.82) is 0 Å². The molecule has 122 valence electrons. The fourth-order valence-corrected chi connectivity index (χ4v) is 2.48. The highest BCUT2D eigenvalue weighted by Gasteiger charge is 2.14. The molecule has 23 heavy (non-hydrogen) atoms. The minimum atomic E-state index is -0.378. The topological polar surface area (TPSA) is 20.3 Å². The van der Waals surface area contributed by atoms with Crippen LogP contribution in [-0.2, 0) is 12.0 Å². The number of hydrogen-bond donors (Lipinski definition) is 0. The van der Waals surface area contributed by atoms with E-state index in [0.29, 0.717) is 12.1 Å². The number of benzene rings is 2. The van der Waals surface area contributed by atoms with E-state index in [-0.39, 0.29) is 23.6 Å². The average Bonchev–Trinajstić information content (AvgIpc) is 2.46. The molecule has 0 heterocycles. The molecule has 2 nitrogen and oxygen atoms in total. The predicted molar refractivity (Wildman–Crippen MR) is 92.2 cm³/mol. The van der Waals surface area contributed by atoms with Crippen molar-refractivity contribution in [2.24, 2.45) is 0 Å². The zero-order valence-corrected chi connectivity index (χ0v) is 14.3. The first-order chi connectivity index (χ1) is 10.8. The molecule has 0 saturated carbocycles. The lowest BCUT2D eigenvalue weighted by Gasteiger charge is -2.20. The molecule has 0 saturated heterocycles. The minimum Gasteiger partial charge on any atom is -0.295 e. The first-order valence-electron chi connectivity index (χ1n) is 7.82. The molecular formula is C20H24FNO. The second-order valence-corrected chi connectivity index (χ2v) is 7.05. The van der Waals surface area contributed by atoms with Gasteiger partial charge in [-0.2, -0.15) is 0 Å². The highest BCUT2D eigenvalue weighted by Crippen LogP contribution is 2.22. The smallest absolute Gasteiger partial charge is 0.176 e. The van der Waals surface area contributed by atoms with Crippen LogP contribution in [0.1, 0.15) is 42.3 Å². The molecule has 2 aromatic rings. The van der Waals surface area contributed by atoms with Crippen molar-refractivity contribution in [2.75, 3.05) is 13.6 Å². The molecule has 0 bridgehead atoms. The molecule has 0 atom stereocenters. The predicted octanol–water partition coefficient (Wildman–Crippen LogP) is 4.44. The Morgan fingerprint density at radius 3 is 2.30 bits per heavy atom. The lowest BCUT2D eigenvalue weighted by Crippen LogP contribution is -2.25. The highest BCUT2D eigenvalue weighted by molar-refractivity contribution is 5.97. The summed E-state index contributed by atoms with van der Waals surface area (Å²) in [4.78, 5) is 14.1. The molecule has 3 heteroatoms. The van der Waals surface area contributed by atoms with Crippen LogP contribution in [0.5, 0.6) is 0 Å². The average molecular weight is 313 g/mol. The van der Waals surface area contributed by atoms with Crippen molar-refractivity contribution < 1.29 is 9.18 Å². The number of carbonyl (C=O) groups excluding carboxylic acids is 1. The van der Waals surface area contributed by atoms with Gasteiger partial charge in [0.05, 0.1) is 6.54 Å². The quantitative estimate of drug-likeness (QED) is 0.761. The number of likely N-dealkylation sites (N-methyl/N-ethyl adjacent to an activating group) is 1. The van der Waals surface area contributed by atoms with Gasteiger partial charge in [0.15, 0.2) is 5.78 Å². The van der Waals surface area contributed by atoms with E-state index >= 15 is 0 Å². The standard InChI is InChI=1S/C20H24FNO/c1-20(2,3)17-10-8-15(9-11-17)13-22(4)14-19(23)16-6-5-7-18(21)12-16/h5-12H,13-14H2,1-4H3. The van der Waals surface area contributed by atoms with Gasteiger partial charge < -0.3 is 0 Å². The number of carbonyl (C=O) groups is 1. The van der Waals surface area contributed by atoms with Crippen LogP contribution in [0.2, 0.25) is 0 Å². The van der Waals surface area contributed by atoms with E-state index in [2.05, 4.69) is 45.0 Å². The SMILES string of the molecule is CN(CC(=O)c1cccc(F)c1)Cc1ccc(C(C)(C)C)cc1. The van der Waals surface area contributed by atoms with Crippen molar-refractivity contribution in [3.63, 3.8) is 0 Å². The van der Waals surface area contributed by atoms with E-state index in [9.17, 15) is 9.18 Å². The van der Waals surface area contributed by atoms with E-state index in [4.69, 9.17) is 0 Å². The van der Waals surface area contributed by atoms with Crippen LogP contribution in [0.3, 0.4) is 0 Å². The third kappa shape index (κ3) is 5.00. The van der Waals surface area contributed by atoms with Crippen LogP contribution in [0.4, 0.5) is 4.39 Å². The molecule has 0 aliphatic carbocycles. The number of Topliss-reactive ketones (excluding diaryl/α,β-unsaturated/α-hetero) is 1. The normalized spacial score (nSPS) is 11.7. The minimum absolute atomic E-state index is 0.0710. The van der Waals surface area contributed by atoms with Crippen molar-refractivity contribution in [2.45, 2.75) is 32.7 Å². The summed E-state index contributed by atoms with van der Waals surface area (Å²) in [5, 5.41) is 0. The Hall–Kier alpha value is -2.00. The Morgan fingerprint density at radius 2 is 1.74 bits per heavy atom. The molecule has 0 fully saturated rings. The Kier molecular flexibility index (Phi) is 5.32. The van der Waals surface area contributed by atoms with E-state index in [1.54, 1.807) is 12.1 Å². The summed E-state index contributed by atoms with van der Waals surface area (Å²) in [7, 11) is 1.90. The molecule has 2 rings (SSSR count). The zero-order valence-electron chi connectivity index (χ0n) is 14.3. The third-order valence-corrected chi connectivity index (χ3v) is 3.83. The summed E-state index contributed by atoms with van der Waals surface area (Å²) < 4.78 is 13.2. The molecule has 0 unspecified atom stereocenters. The first-order valence-corrected chi connectivity index (χ1v) is 7.82. The Bertz CT molecular complexity index is 671. The van der Waals surface area contributed by atoms with Crippen LogP contribution < -0.4 is 0 Å². The number of nitrogens with zero attached hydrogens (tertiary/aromatic N) is 1. The summed E-state index contributed by atoms with van der Waals surface area (Å²) in [5.74, 6) is -0.449. The molecule has 0 radical (unpaired) electrons. The highest BCUT2D eigenvalue weighted by atomic mass is 19.1. The summed E-state index contributed by atoms with van der Waals surface area (Å²) in [6.45, 7) is 7.51. The van der Waals surface area contributed by atoms with Crippen molar-refractivity contribution in [3.05, 3.63) is 71.0 Å². The molecule has 0 amide bonds. The fourth-order valence-electron chi connectivity index (χ4n) is 2.48. The number of rotatable bonds is 5. The number of hydrogen-bond acceptors (Lipinski definition) is 2. The van der Waals surface area contributed by atoms with E-state index < -0.39 is 0 Å². The zero-order chi connectivity index (χ0) is 17.0. The lowest BCUT2D eigenvalue weighted by atomic mass is 9.87. The maximum absolute atomic E-state index is 13.2. The van der Waals surface area contributed by atoms with Gasteiger partial charge in [0.1, 0.15) is 5.82 Å². The summed E-state index contributed by atoms with van der Waals surface area (Å²) in [6.07, 6.45) is 0. The summed E-state index contributed by atoms with van der Waals surface area (Å²) in [5.41, 5.74) is 3.00. The van der Waals surface area contributed by atoms with Gasteiger partial charge in [0.25, 0.3) is 0 Å². The molecule has 0 N–H and O–H groups in total. The lowest BCUT2D eigenvalue weighted by molar-refractivity contribution is 0.0942. The third-order valence-electron chi connectivity index (χ3n) is 3.83. The van der Waals surface area contributed by atoms with Crippen LogP contribution in [0.25, 0.3) is 0 Å². The first kappa shape index (κ1) is 17.4. The van der Waals surface area contributed by atoms with Gasteiger partial charge in [-0.25, -0.2) is 4.39 Å². The van der Waals surface area contributed by atoms with Crippen LogP contribution in [0.15, 0.2) is 48.5 Å². The largest absolute Gasteiger partial charge is 0.295 e. The molecule has 0 spiro atoms. The summed E-state index contributed by atoms with van der Waals surface area (Å²) in [6, 6.07) is 14.3. The van der Waals surface area contributed by atoms with Crippen molar-refractivity contribution in [3.8, 4) is 0 Å². The fraction of sp³-hybridized carbons (Fsp3) is 0.350. The molecular weight excluding hydrogens is 289 g/mol. The monoisotopic (exact) mass is 313 g/mol. The number of halogens is 1. The van der Waals surface area contributed by atoms with E-state index in [1.807, 2.05) is 11.9 Å². The van der Waals surface area contributed by atoms with Crippen molar-refractivity contribution in [1.82, 2.24) is 4.90 Å². The Morgan fingerprint density at radius 1 is 1.09 bits per heavy atom. The van der Waals surface area contributed by atoms with Gasteiger partial charge in [-0.05, 0) is 35.7 Å². The molecule has 0 aliphatic rings. The van der Waals surface area contributed by atoms with Gasteiger partial charge in [-0.3, -0.25) is 9.69 Å². The molecule has 0 aromatic heterocycles. The molecule has 0 aliphatic heterocycles. The maximum atomic E-state index is 13.2. The van der Waals surface area contributed by atoms with E-state index in [0.717, 1.165) is 5.56 Å². The van der Waals surface area contributed by atoms with Crippen molar-refractivity contribution >= 4 is 5.78 Å². The van der Waals surface area contributed by atoms with Crippen LogP contribution >= 0.6 is 0 Å². The second kappa shape index (κ2) is 7.05. The second-order valence-electron chi connectivity index (χ2n) is 7.05. The maximum Gasteiger partial charge on any atom is 0.176 e. The number of ketones is 1. The Balaban J connectivity index is 1.97. The van der Waals surface area contributed by atoms with Gasteiger partial charge in [-0.15, -0.1) is 0 Å². The van der Waals surface area contributed by atoms with Gasteiger partial charge in [0, 0.05) is 12.1 Å². The summed E-state index contributed by atoms with van der Waals surface area (Å²) >= 11 is 0. The van der Waals surface area contributed by atoms with Crippen LogP contribution in [-0.4, -0.2) is 24.3 Å². The Labute approximate surface area is 137 Å². The van der Waals surface area contributed by atoms with Gasteiger partial charge in [-0.1, -0.05) is 57.2 Å². The van der Waals surface area contributed by atoms with Gasteiger partial charge >= 0.3 is 0 Å².